The molecule has 3 rings (SSSR count). The van der Waals surface area contributed by atoms with Crippen LogP contribution < -0.4 is 10.0 Å². The molecule has 2 aromatic rings. The minimum atomic E-state index is -3.80. The number of rotatable bonds is 4. The Morgan fingerprint density at radius 2 is 1.92 bits per heavy atom. The maximum atomic E-state index is 14.5. The number of carbonyl (C=O) groups is 1. The molecular formula is C17H17FN2O4S. The van der Waals surface area contributed by atoms with E-state index in [-0.39, 0.29) is 11.0 Å². The van der Waals surface area contributed by atoms with Gasteiger partial charge < -0.3 is 4.74 Å². The first kappa shape index (κ1) is 17.4. The number of amides is 1. The van der Waals surface area contributed by atoms with Crippen molar-refractivity contribution in [2.75, 3.05) is 11.4 Å². The van der Waals surface area contributed by atoms with Gasteiger partial charge in [-0.3, -0.25) is 4.90 Å². The van der Waals surface area contributed by atoms with E-state index < -0.39 is 21.9 Å². The SMILES string of the molecule is CC[C@H]1CN(c2ccc(-c3ccc(S(N)(=O)=O)cc3)c(F)c2)C(=O)O1. The molecule has 1 atom stereocenters. The average molecular weight is 364 g/mol. The van der Waals surface area contributed by atoms with Gasteiger partial charge in [-0.05, 0) is 42.3 Å². The molecule has 0 radical (unpaired) electrons. The van der Waals surface area contributed by atoms with Crippen LogP contribution in [0.15, 0.2) is 47.4 Å². The van der Waals surface area contributed by atoms with Crippen LogP contribution in [0.4, 0.5) is 14.9 Å². The summed E-state index contributed by atoms with van der Waals surface area (Å²) in [5.41, 5.74) is 1.22. The van der Waals surface area contributed by atoms with Gasteiger partial charge in [-0.25, -0.2) is 22.7 Å². The molecule has 6 nitrogen and oxygen atoms in total. The third kappa shape index (κ3) is 3.49. The fourth-order valence-corrected chi connectivity index (χ4v) is 3.19. The number of carbonyl (C=O) groups excluding carboxylic acids is 1. The number of nitrogens with zero attached hydrogens (tertiary/aromatic N) is 1. The highest BCUT2D eigenvalue weighted by molar-refractivity contribution is 7.89. The lowest BCUT2D eigenvalue weighted by Crippen LogP contribution is -2.24. The molecule has 0 bridgehead atoms. The lowest BCUT2D eigenvalue weighted by Gasteiger charge is -2.14. The monoisotopic (exact) mass is 364 g/mol. The number of hydrogen-bond acceptors (Lipinski definition) is 4. The summed E-state index contributed by atoms with van der Waals surface area (Å²) in [6.45, 7) is 2.30. The predicted molar refractivity (Wildman–Crippen MR) is 91.1 cm³/mol. The summed E-state index contributed by atoms with van der Waals surface area (Å²) in [6.07, 6.45) is 0.0108. The highest BCUT2D eigenvalue weighted by Gasteiger charge is 2.31. The fraction of sp³-hybridized carbons (Fsp3) is 0.235. The zero-order valence-electron chi connectivity index (χ0n) is 13.5. The Kier molecular flexibility index (Phi) is 4.49. The second-order valence-corrected chi connectivity index (χ2v) is 7.32. The summed E-state index contributed by atoms with van der Waals surface area (Å²) in [6, 6.07) is 10.0. The first-order chi connectivity index (χ1) is 11.8. The third-order valence-corrected chi connectivity index (χ3v) is 5.02. The summed E-state index contributed by atoms with van der Waals surface area (Å²) < 4.78 is 42.2. The van der Waals surface area contributed by atoms with Crippen molar-refractivity contribution in [3.8, 4) is 11.1 Å². The maximum absolute atomic E-state index is 14.5. The number of benzene rings is 2. The first-order valence-corrected chi connectivity index (χ1v) is 9.25. The maximum Gasteiger partial charge on any atom is 0.414 e. The van der Waals surface area contributed by atoms with Crippen molar-refractivity contribution in [3.63, 3.8) is 0 Å². The predicted octanol–water partition coefficient (Wildman–Crippen LogP) is 2.88. The Balaban J connectivity index is 1.89. The van der Waals surface area contributed by atoms with E-state index in [1.807, 2.05) is 6.92 Å². The number of cyclic esters (lactones) is 1. The topological polar surface area (TPSA) is 89.7 Å². The van der Waals surface area contributed by atoms with E-state index in [4.69, 9.17) is 9.88 Å². The summed E-state index contributed by atoms with van der Waals surface area (Å²) in [7, 11) is -3.80. The number of ether oxygens (including phenoxy) is 1. The number of anilines is 1. The van der Waals surface area contributed by atoms with Crippen LogP contribution in [0.25, 0.3) is 11.1 Å². The van der Waals surface area contributed by atoms with Crippen molar-refractivity contribution in [2.45, 2.75) is 24.3 Å². The van der Waals surface area contributed by atoms with E-state index in [0.29, 0.717) is 29.8 Å². The fourth-order valence-electron chi connectivity index (χ4n) is 2.68. The van der Waals surface area contributed by atoms with Gasteiger partial charge in [0, 0.05) is 5.56 Å². The second kappa shape index (κ2) is 6.45. The normalized spacial score (nSPS) is 17.6. The van der Waals surface area contributed by atoms with Crippen molar-refractivity contribution in [2.24, 2.45) is 5.14 Å². The molecule has 25 heavy (non-hydrogen) atoms. The molecule has 0 unspecified atom stereocenters. The van der Waals surface area contributed by atoms with Gasteiger partial charge in [-0.2, -0.15) is 0 Å². The number of primary sulfonamides is 1. The molecule has 1 fully saturated rings. The molecule has 1 heterocycles. The van der Waals surface area contributed by atoms with E-state index in [0.717, 1.165) is 0 Å². The molecular weight excluding hydrogens is 347 g/mol. The molecule has 132 valence electrons. The van der Waals surface area contributed by atoms with Gasteiger partial charge in [0.15, 0.2) is 0 Å². The quantitative estimate of drug-likeness (QED) is 0.903. The van der Waals surface area contributed by atoms with Crippen LogP contribution in [-0.2, 0) is 14.8 Å². The Hall–Kier alpha value is -2.45. The Labute approximate surface area is 145 Å². The summed E-state index contributed by atoms with van der Waals surface area (Å²) in [4.78, 5) is 13.2. The third-order valence-electron chi connectivity index (χ3n) is 4.09. The van der Waals surface area contributed by atoms with Crippen molar-refractivity contribution >= 4 is 21.8 Å². The van der Waals surface area contributed by atoms with Gasteiger partial charge in [-0.15, -0.1) is 0 Å². The van der Waals surface area contributed by atoms with Crippen LogP contribution in [0.5, 0.6) is 0 Å². The minimum Gasteiger partial charge on any atom is -0.444 e. The Bertz CT molecular complexity index is 913. The molecule has 1 aliphatic heterocycles. The van der Waals surface area contributed by atoms with Crippen molar-refractivity contribution in [3.05, 3.63) is 48.3 Å². The Morgan fingerprint density at radius 1 is 1.24 bits per heavy atom. The van der Waals surface area contributed by atoms with Gasteiger partial charge in [0.05, 0.1) is 17.1 Å². The van der Waals surface area contributed by atoms with Crippen LogP contribution >= 0.6 is 0 Å². The Morgan fingerprint density at radius 3 is 2.44 bits per heavy atom. The molecule has 2 aromatic carbocycles. The molecule has 0 spiro atoms. The average Bonchev–Trinajstić information content (AvgIpc) is 2.95. The van der Waals surface area contributed by atoms with E-state index in [1.54, 1.807) is 12.1 Å². The van der Waals surface area contributed by atoms with Gasteiger partial charge in [-0.1, -0.05) is 19.1 Å². The van der Waals surface area contributed by atoms with E-state index in [2.05, 4.69) is 0 Å². The van der Waals surface area contributed by atoms with Gasteiger partial charge in [0.25, 0.3) is 0 Å². The standard InChI is InChI=1S/C17H17FN2O4S/c1-2-13-10-20(17(21)24-13)12-5-8-15(16(18)9-12)11-3-6-14(7-4-11)25(19,22)23/h3-9,13H,2,10H2,1H3,(H2,19,22,23)/t13-/m0/s1. The summed E-state index contributed by atoms with van der Waals surface area (Å²) in [5, 5.41) is 5.05. The zero-order chi connectivity index (χ0) is 18.2. The van der Waals surface area contributed by atoms with Crippen LogP contribution in [0.3, 0.4) is 0 Å². The van der Waals surface area contributed by atoms with Crippen molar-refractivity contribution in [1.29, 1.82) is 0 Å². The highest BCUT2D eigenvalue weighted by atomic mass is 32.2. The van der Waals surface area contributed by atoms with Gasteiger partial charge >= 0.3 is 6.09 Å². The molecule has 0 aliphatic carbocycles. The molecule has 1 saturated heterocycles. The van der Waals surface area contributed by atoms with E-state index in [1.165, 1.54) is 35.2 Å². The van der Waals surface area contributed by atoms with Gasteiger partial charge in [0.2, 0.25) is 10.0 Å². The molecule has 0 saturated carbocycles. The zero-order valence-corrected chi connectivity index (χ0v) is 14.3. The summed E-state index contributed by atoms with van der Waals surface area (Å²) >= 11 is 0. The number of halogens is 1. The van der Waals surface area contributed by atoms with Crippen LogP contribution in [0, 0.1) is 5.82 Å². The van der Waals surface area contributed by atoms with Gasteiger partial charge in [0.1, 0.15) is 11.9 Å². The molecule has 1 aliphatic rings. The lowest BCUT2D eigenvalue weighted by atomic mass is 10.0. The second-order valence-electron chi connectivity index (χ2n) is 5.76. The molecule has 2 N–H and O–H groups in total. The van der Waals surface area contributed by atoms with Crippen molar-refractivity contribution in [1.82, 2.24) is 0 Å². The van der Waals surface area contributed by atoms with Crippen LogP contribution in [-0.4, -0.2) is 27.2 Å². The van der Waals surface area contributed by atoms with Crippen LogP contribution in [0.1, 0.15) is 13.3 Å². The number of nitrogens with two attached hydrogens (primary N) is 1. The van der Waals surface area contributed by atoms with E-state index in [9.17, 15) is 17.6 Å². The lowest BCUT2D eigenvalue weighted by molar-refractivity contribution is 0.139. The van der Waals surface area contributed by atoms with Crippen molar-refractivity contribution < 1.29 is 22.3 Å². The van der Waals surface area contributed by atoms with E-state index >= 15 is 0 Å². The number of sulfonamides is 1. The highest BCUT2D eigenvalue weighted by Crippen LogP contribution is 2.29. The minimum absolute atomic E-state index is 0.0429. The van der Waals surface area contributed by atoms with Crippen LogP contribution in [0.2, 0.25) is 0 Å². The molecule has 8 heteroatoms. The molecule has 0 aromatic heterocycles. The largest absolute Gasteiger partial charge is 0.444 e. The summed E-state index contributed by atoms with van der Waals surface area (Å²) in [5.74, 6) is -0.520. The molecule has 1 amide bonds. The smallest absolute Gasteiger partial charge is 0.414 e. The first-order valence-electron chi connectivity index (χ1n) is 7.70. The number of hydrogen-bond donors (Lipinski definition) is 1.